The van der Waals surface area contributed by atoms with Crippen LogP contribution < -0.4 is 5.69 Å². The first-order chi connectivity index (χ1) is 13.0. The number of sulfonamides is 1. The lowest BCUT2D eigenvalue weighted by Crippen LogP contribution is -2.40. The van der Waals surface area contributed by atoms with Crippen molar-refractivity contribution in [3.05, 3.63) is 63.7 Å². The minimum atomic E-state index is -3.77. The predicted molar refractivity (Wildman–Crippen MR) is 99.6 cm³/mol. The number of hydrogen-bond acceptors (Lipinski definition) is 5. The van der Waals surface area contributed by atoms with Gasteiger partial charge in [0.1, 0.15) is 4.90 Å². The van der Waals surface area contributed by atoms with E-state index >= 15 is 0 Å². The summed E-state index contributed by atoms with van der Waals surface area (Å²) in [4.78, 5) is 12.7. The third-order valence-corrected chi connectivity index (χ3v) is 6.58. The fraction of sp³-hybridized carbons (Fsp3) is 0.294. The molecule has 1 saturated heterocycles. The van der Waals surface area contributed by atoms with Crippen LogP contribution in [0.1, 0.15) is 5.56 Å². The highest BCUT2D eigenvalue weighted by Gasteiger charge is 2.29. The summed E-state index contributed by atoms with van der Waals surface area (Å²) in [5.74, 6) is 0. The lowest BCUT2D eigenvalue weighted by atomic mass is 10.2. The molecule has 1 aliphatic heterocycles. The third-order valence-electron chi connectivity index (χ3n) is 4.41. The number of morpholine rings is 1. The molecule has 1 aliphatic rings. The Morgan fingerprint density at radius 2 is 1.81 bits per heavy atom. The van der Waals surface area contributed by atoms with Gasteiger partial charge in [-0.1, -0.05) is 23.7 Å². The molecule has 0 aliphatic carbocycles. The highest BCUT2D eigenvalue weighted by atomic mass is 35.5. The molecule has 0 bridgehead atoms. The molecule has 0 atom stereocenters. The molecular weight excluding hydrogens is 392 g/mol. The number of aromatic nitrogens is 3. The lowest BCUT2D eigenvalue weighted by molar-refractivity contribution is 0.0730. The Morgan fingerprint density at radius 3 is 2.52 bits per heavy atom. The average molecular weight is 409 g/mol. The Balaban J connectivity index is 1.77. The molecule has 2 aromatic heterocycles. The number of pyridine rings is 1. The van der Waals surface area contributed by atoms with E-state index in [-0.39, 0.29) is 30.2 Å². The number of rotatable bonds is 4. The fourth-order valence-corrected chi connectivity index (χ4v) is 4.66. The van der Waals surface area contributed by atoms with Crippen molar-refractivity contribution in [3.8, 4) is 0 Å². The van der Waals surface area contributed by atoms with Crippen molar-refractivity contribution >= 4 is 27.3 Å². The van der Waals surface area contributed by atoms with Crippen molar-refractivity contribution in [2.24, 2.45) is 0 Å². The molecule has 10 heteroatoms. The van der Waals surface area contributed by atoms with Gasteiger partial charge in [0.2, 0.25) is 10.0 Å². The number of nitrogens with zero attached hydrogens (tertiary/aromatic N) is 4. The molecule has 8 nitrogen and oxygen atoms in total. The fourth-order valence-electron chi connectivity index (χ4n) is 3.01. The summed E-state index contributed by atoms with van der Waals surface area (Å²) in [7, 11) is -3.77. The van der Waals surface area contributed by atoms with Gasteiger partial charge in [0.05, 0.1) is 19.8 Å². The molecule has 0 amide bonds. The Kier molecular flexibility index (Phi) is 4.77. The summed E-state index contributed by atoms with van der Waals surface area (Å²) >= 11 is 5.89. The van der Waals surface area contributed by atoms with Gasteiger partial charge in [-0.15, -0.1) is 5.10 Å². The smallest absolute Gasteiger partial charge is 0.350 e. The standard InChI is InChI=1S/C17H17ClN4O4S/c18-14-5-3-13(4-6-14)12-22-17(23)21-7-1-2-15(16(21)19-22)27(24,25)20-8-10-26-11-9-20/h1-7H,8-12H2. The number of benzene rings is 1. The van der Waals surface area contributed by atoms with E-state index in [1.807, 2.05) is 0 Å². The highest BCUT2D eigenvalue weighted by molar-refractivity contribution is 7.89. The first-order valence-corrected chi connectivity index (χ1v) is 10.2. The van der Waals surface area contributed by atoms with Crippen LogP contribution in [0.4, 0.5) is 0 Å². The molecule has 0 unspecified atom stereocenters. The zero-order valence-corrected chi connectivity index (χ0v) is 15.9. The van der Waals surface area contributed by atoms with E-state index in [4.69, 9.17) is 16.3 Å². The normalized spacial score (nSPS) is 16.0. The second-order valence-corrected chi connectivity index (χ2v) is 8.49. The molecule has 0 N–H and O–H groups in total. The molecular formula is C17H17ClN4O4S. The molecule has 142 valence electrons. The second-order valence-electron chi connectivity index (χ2n) is 6.15. The van der Waals surface area contributed by atoms with Crippen LogP contribution in [0.3, 0.4) is 0 Å². The van der Waals surface area contributed by atoms with E-state index in [9.17, 15) is 13.2 Å². The van der Waals surface area contributed by atoms with E-state index in [0.29, 0.717) is 18.2 Å². The SMILES string of the molecule is O=c1n(Cc2ccc(Cl)cc2)nc2c(S(=O)(=O)N3CCOCC3)cccn12. The van der Waals surface area contributed by atoms with Crippen LogP contribution in [0.25, 0.3) is 5.65 Å². The van der Waals surface area contributed by atoms with Crippen molar-refractivity contribution < 1.29 is 13.2 Å². The van der Waals surface area contributed by atoms with Crippen LogP contribution in [0.2, 0.25) is 5.02 Å². The monoisotopic (exact) mass is 408 g/mol. The van der Waals surface area contributed by atoms with E-state index in [0.717, 1.165) is 5.56 Å². The molecule has 27 heavy (non-hydrogen) atoms. The predicted octanol–water partition coefficient (Wildman–Crippen LogP) is 1.22. The molecule has 3 aromatic rings. The number of ether oxygens (including phenoxy) is 1. The van der Waals surface area contributed by atoms with Gasteiger partial charge in [0.25, 0.3) is 0 Å². The van der Waals surface area contributed by atoms with Crippen molar-refractivity contribution in [2.75, 3.05) is 26.3 Å². The van der Waals surface area contributed by atoms with E-state index < -0.39 is 15.7 Å². The summed E-state index contributed by atoms with van der Waals surface area (Å²) in [6.45, 7) is 1.47. The van der Waals surface area contributed by atoms with Gasteiger partial charge >= 0.3 is 5.69 Å². The van der Waals surface area contributed by atoms with Crippen LogP contribution in [0.15, 0.2) is 52.3 Å². The van der Waals surface area contributed by atoms with Crippen molar-refractivity contribution in [1.82, 2.24) is 18.5 Å². The summed E-state index contributed by atoms with van der Waals surface area (Å²) in [5.41, 5.74) is 0.546. The molecule has 0 spiro atoms. The maximum absolute atomic E-state index is 13.0. The van der Waals surface area contributed by atoms with Gasteiger partial charge in [-0.05, 0) is 29.8 Å². The zero-order chi connectivity index (χ0) is 19.0. The summed E-state index contributed by atoms with van der Waals surface area (Å²) in [6, 6.07) is 10.1. The molecule has 4 rings (SSSR count). The van der Waals surface area contributed by atoms with Crippen LogP contribution in [0, 0.1) is 0 Å². The number of hydrogen-bond donors (Lipinski definition) is 0. The number of fused-ring (bicyclic) bond motifs is 1. The largest absolute Gasteiger partial charge is 0.379 e. The first-order valence-electron chi connectivity index (χ1n) is 8.37. The quantitative estimate of drug-likeness (QED) is 0.648. The van der Waals surface area contributed by atoms with Gasteiger partial charge in [-0.3, -0.25) is 0 Å². The van der Waals surface area contributed by atoms with Crippen LogP contribution >= 0.6 is 11.6 Å². The second kappa shape index (κ2) is 7.08. The van der Waals surface area contributed by atoms with Gasteiger partial charge in [0.15, 0.2) is 5.65 Å². The zero-order valence-electron chi connectivity index (χ0n) is 14.3. The van der Waals surface area contributed by atoms with E-state index in [1.54, 1.807) is 24.3 Å². The third kappa shape index (κ3) is 3.39. The van der Waals surface area contributed by atoms with Crippen LogP contribution in [-0.2, 0) is 21.3 Å². The Morgan fingerprint density at radius 1 is 1.11 bits per heavy atom. The van der Waals surface area contributed by atoms with E-state index in [2.05, 4.69) is 5.10 Å². The highest BCUT2D eigenvalue weighted by Crippen LogP contribution is 2.20. The van der Waals surface area contributed by atoms with Crippen LogP contribution in [0.5, 0.6) is 0 Å². The topological polar surface area (TPSA) is 85.9 Å². The maximum atomic E-state index is 13.0. The van der Waals surface area contributed by atoms with Crippen LogP contribution in [-0.4, -0.2) is 53.2 Å². The Labute approximate surface area is 160 Å². The molecule has 0 saturated carbocycles. The van der Waals surface area contributed by atoms with Crippen molar-refractivity contribution in [2.45, 2.75) is 11.4 Å². The molecule has 1 fully saturated rings. The Hall–Kier alpha value is -2.20. The van der Waals surface area contributed by atoms with Gasteiger partial charge in [-0.2, -0.15) is 4.31 Å². The molecule has 1 aromatic carbocycles. The van der Waals surface area contributed by atoms with E-state index in [1.165, 1.54) is 31.7 Å². The van der Waals surface area contributed by atoms with Gasteiger partial charge in [-0.25, -0.2) is 22.3 Å². The number of halogens is 1. The Bertz CT molecular complexity index is 1130. The first kappa shape index (κ1) is 18.2. The maximum Gasteiger partial charge on any atom is 0.350 e. The molecule has 3 heterocycles. The average Bonchev–Trinajstić information content (AvgIpc) is 3.00. The summed E-state index contributed by atoms with van der Waals surface area (Å²) in [5, 5.41) is 4.89. The minimum absolute atomic E-state index is 0.0128. The lowest BCUT2D eigenvalue weighted by Gasteiger charge is -2.25. The van der Waals surface area contributed by atoms with Gasteiger partial charge in [0, 0.05) is 24.3 Å². The molecule has 0 radical (unpaired) electrons. The van der Waals surface area contributed by atoms with Gasteiger partial charge < -0.3 is 4.74 Å². The minimum Gasteiger partial charge on any atom is -0.379 e. The van der Waals surface area contributed by atoms with Crippen molar-refractivity contribution in [3.63, 3.8) is 0 Å². The summed E-state index contributed by atoms with van der Waals surface area (Å²) in [6.07, 6.45) is 1.52. The van der Waals surface area contributed by atoms with Crippen molar-refractivity contribution in [1.29, 1.82) is 0 Å². The summed E-state index contributed by atoms with van der Waals surface area (Å²) < 4.78 is 35.1.